The summed E-state index contributed by atoms with van der Waals surface area (Å²) in [6.45, 7) is 1.78. The SMILES string of the molecule is CNC(=O)CCCCC(=O)NN.NCC(=O)CCCCCCCNC(=O)NN.NOCCCON. The maximum Gasteiger partial charge on any atom is 0.328 e. The third-order valence-corrected chi connectivity index (χ3v) is 4.30. The first-order chi connectivity index (χ1) is 16.8. The van der Waals surface area contributed by atoms with Gasteiger partial charge in [0, 0.05) is 32.9 Å². The molecule has 14 N–H and O–H groups in total. The third-order valence-electron chi connectivity index (χ3n) is 4.30. The summed E-state index contributed by atoms with van der Waals surface area (Å²) in [5, 5.41) is 5.11. The van der Waals surface area contributed by atoms with Gasteiger partial charge in [0.2, 0.25) is 11.8 Å². The maximum atomic E-state index is 10.9. The number of amides is 4. The smallest absolute Gasteiger partial charge is 0.328 e. The number of carbonyl (C=O) groups is 4. The molecule has 0 aliphatic heterocycles. The monoisotopic (exact) mass is 509 g/mol. The molecule has 0 aromatic carbocycles. The second-order valence-corrected chi connectivity index (χ2v) is 7.20. The first kappa shape index (κ1) is 37.2. The largest absolute Gasteiger partial charge is 0.359 e. The lowest BCUT2D eigenvalue weighted by molar-refractivity contribution is -0.122. The molecule has 4 amide bonds. The van der Waals surface area contributed by atoms with E-state index >= 15 is 0 Å². The van der Waals surface area contributed by atoms with Crippen molar-refractivity contribution in [2.24, 2.45) is 29.2 Å². The Bertz CT molecular complexity index is 483. The standard InChI is InChI=1S/C10H22N4O2.C7H15N3O2.C3H10N2O2/c11-8-9(15)6-4-2-1-3-5-7-13-10(16)14-12;1-9-6(11)4-2-3-5-7(12)10-8;4-6-2-1-3-7-5/h1-8,11-12H2,(H2,13,14,16);2-5,8H2,1H3,(H,9,11)(H,10,12);1-5H2. The summed E-state index contributed by atoms with van der Waals surface area (Å²) in [5.74, 6) is 19.0. The Morgan fingerprint density at radius 2 is 1.20 bits per heavy atom. The van der Waals surface area contributed by atoms with Crippen molar-refractivity contribution >= 4 is 23.6 Å². The number of hydrogen-bond donors (Lipinski definition) is 9. The average Bonchev–Trinajstić information content (AvgIpc) is 2.88. The zero-order chi connectivity index (χ0) is 27.2. The van der Waals surface area contributed by atoms with Gasteiger partial charge in [0.05, 0.1) is 19.8 Å². The van der Waals surface area contributed by atoms with E-state index in [4.69, 9.17) is 17.4 Å². The molecule has 0 aliphatic rings. The number of unbranched alkanes of at least 4 members (excludes halogenated alkanes) is 5. The highest BCUT2D eigenvalue weighted by Gasteiger charge is 2.00. The van der Waals surface area contributed by atoms with Crippen molar-refractivity contribution < 1.29 is 28.9 Å². The number of carbonyl (C=O) groups excluding carboxylic acids is 4. The number of ketones is 1. The lowest BCUT2D eigenvalue weighted by Gasteiger charge is -2.03. The minimum Gasteiger partial charge on any atom is -0.359 e. The summed E-state index contributed by atoms with van der Waals surface area (Å²) in [7, 11) is 1.59. The minimum atomic E-state index is -0.353. The first-order valence-corrected chi connectivity index (χ1v) is 11.6. The lowest BCUT2D eigenvalue weighted by atomic mass is 10.1. The molecule has 0 aliphatic carbocycles. The van der Waals surface area contributed by atoms with Crippen LogP contribution >= 0.6 is 0 Å². The van der Waals surface area contributed by atoms with Gasteiger partial charge >= 0.3 is 6.03 Å². The summed E-state index contributed by atoms with van der Waals surface area (Å²) in [5.41, 5.74) is 9.21. The highest BCUT2D eigenvalue weighted by molar-refractivity contribution is 5.80. The Kier molecular flexibility index (Phi) is 33.5. The summed E-state index contributed by atoms with van der Waals surface area (Å²) < 4.78 is 0. The third kappa shape index (κ3) is 36.3. The molecule has 0 atom stereocenters. The molecule has 0 radical (unpaired) electrons. The predicted molar refractivity (Wildman–Crippen MR) is 132 cm³/mol. The van der Waals surface area contributed by atoms with E-state index in [1.165, 1.54) is 0 Å². The van der Waals surface area contributed by atoms with Crippen LogP contribution in [0.2, 0.25) is 0 Å². The van der Waals surface area contributed by atoms with Crippen LogP contribution in [0.15, 0.2) is 0 Å². The van der Waals surface area contributed by atoms with Gasteiger partial charge in [-0.1, -0.05) is 19.3 Å². The molecule has 0 fully saturated rings. The van der Waals surface area contributed by atoms with E-state index in [2.05, 4.69) is 32.1 Å². The van der Waals surface area contributed by atoms with Crippen LogP contribution in [0.5, 0.6) is 0 Å². The summed E-state index contributed by atoms with van der Waals surface area (Å²) >= 11 is 0. The van der Waals surface area contributed by atoms with Gasteiger partial charge in [0.15, 0.2) is 0 Å². The zero-order valence-corrected chi connectivity index (χ0v) is 20.9. The van der Waals surface area contributed by atoms with E-state index in [-0.39, 0.29) is 30.2 Å². The van der Waals surface area contributed by atoms with Crippen LogP contribution in [-0.4, -0.2) is 57.0 Å². The molecule has 15 heteroatoms. The van der Waals surface area contributed by atoms with Gasteiger partial charge in [-0.15, -0.1) is 0 Å². The van der Waals surface area contributed by atoms with Gasteiger partial charge in [0.1, 0.15) is 5.78 Å². The molecule has 0 saturated heterocycles. The number of Topliss-reactive ketones (excluding diaryl/α,β-unsaturated/α-hetero) is 1. The molecule has 0 bridgehead atoms. The van der Waals surface area contributed by atoms with Crippen molar-refractivity contribution in [1.29, 1.82) is 0 Å². The van der Waals surface area contributed by atoms with Gasteiger partial charge in [-0.2, -0.15) is 0 Å². The summed E-state index contributed by atoms with van der Waals surface area (Å²) in [6, 6.07) is -0.353. The number of nitrogens with two attached hydrogens (primary N) is 5. The predicted octanol–water partition coefficient (Wildman–Crippen LogP) is -1.53. The van der Waals surface area contributed by atoms with Gasteiger partial charge in [0.25, 0.3) is 0 Å². The molecule has 15 nitrogen and oxygen atoms in total. The van der Waals surface area contributed by atoms with Crippen LogP contribution < -0.4 is 50.7 Å². The molecule has 0 aromatic heterocycles. The second kappa shape index (κ2) is 31.6. The molecular formula is C20H47N9O6. The number of nitrogens with one attached hydrogen (secondary N) is 4. The first-order valence-electron chi connectivity index (χ1n) is 11.6. The van der Waals surface area contributed by atoms with E-state index < -0.39 is 0 Å². The second-order valence-electron chi connectivity index (χ2n) is 7.20. The Hall–Kier alpha value is -2.40. The van der Waals surface area contributed by atoms with E-state index in [9.17, 15) is 19.2 Å². The van der Waals surface area contributed by atoms with Crippen LogP contribution in [0.1, 0.15) is 70.6 Å². The Labute approximate surface area is 207 Å². The highest BCUT2D eigenvalue weighted by Crippen LogP contribution is 2.05. The number of rotatable bonds is 18. The van der Waals surface area contributed by atoms with Crippen molar-refractivity contribution in [2.45, 2.75) is 70.6 Å². The molecular weight excluding hydrogens is 462 g/mol. The highest BCUT2D eigenvalue weighted by atomic mass is 16.6. The van der Waals surface area contributed by atoms with E-state index in [0.717, 1.165) is 38.5 Å². The Balaban J connectivity index is -0.000000474. The number of hydrogen-bond acceptors (Lipinski definition) is 11. The zero-order valence-electron chi connectivity index (χ0n) is 20.9. The van der Waals surface area contributed by atoms with Gasteiger partial charge in [-0.3, -0.25) is 25.2 Å². The van der Waals surface area contributed by atoms with E-state index in [1.54, 1.807) is 7.05 Å². The number of hydrazine groups is 2. The van der Waals surface area contributed by atoms with Crippen LogP contribution in [-0.2, 0) is 24.1 Å². The molecule has 35 heavy (non-hydrogen) atoms. The van der Waals surface area contributed by atoms with Crippen molar-refractivity contribution in [3.05, 3.63) is 0 Å². The lowest BCUT2D eigenvalue weighted by Crippen LogP contribution is -2.40. The Morgan fingerprint density at radius 3 is 1.69 bits per heavy atom. The van der Waals surface area contributed by atoms with Crippen LogP contribution in [0.3, 0.4) is 0 Å². The van der Waals surface area contributed by atoms with Gasteiger partial charge in [-0.05, 0) is 32.1 Å². The molecule has 0 rings (SSSR count). The molecule has 0 saturated carbocycles. The molecule has 0 aromatic rings. The summed E-state index contributed by atoms with van der Waals surface area (Å²) in [6.07, 6.45) is 8.58. The van der Waals surface area contributed by atoms with Crippen molar-refractivity contribution in [1.82, 2.24) is 21.5 Å². The van der Waals surface area contributed by atoms with Crippen molar-refractivity contribution in [3.8, 4) is 0 Å². The van der Waals surface area contributed by atoms with Crippen LogP contribution in [0.4, 0.5) is 4.79 Å². The molecule has 0 unspecified atom stereocenters. The molecule has 0 spiro atoms. The van der Waals surface area contributed by atoms with E-state index in [0.29, 0.717) is 51.9 Å². The maximum absolute atomic E-state index is 10.9. The molecule has 0 heterocycles. The Morgan fingerprint density at radius 1 is 0.686 bits per heavy atom. The fourth-order valence-corrected chi connectivity index (χ4v) is 2.33. The average molecular weight is 510 g/mol. The fraction of sp³-hybridized carbons (Fsp3) is 0.800. The topological polar surface area (TPSA) is 265 Å². The fourth-order valence-electron chi connectivity index (χ4n) is 2.33. The minimum absolute atomic E-state index is 0.00292. The number of urea groups is 1. The van der Waals surface area contributed by atoms with Crippen molar-refractivity contribution in [3.63, 3.8) is 0 Å². The van der Waals surface area contributed by atoms with Gasteiger partial charge < -0.3 is 26.0 Å². The summed E-state index contributed by atoms with van der Waals surface area (Å²) in [4.78, 5) is 51.2. The molecule has 208 valence electrons. The van der Waals surface area contributed by atoms with Crippen LogP contribution in [0.25, 0.3) is 0 Å². The normalized spacial score (nSPS) is 9.54. The van der Waals surface area contributed by atoms with Gasteiger partial charge in [-0.25, -0.2) is 28.3 Å². The van der Waals surface area contributed by atoms with Crippen molar-refractivity contribution in [2.75, 3.05) is 33.4 Å². The van der Waals surface area contributed by atoms with Crippen LogP contribution in [0, 0.1) is 0 Å². The van der Waals surface area contributed by atoms with E-state index in [1.807, 2.05) is 10.9 Å². The quantitative estimate of drug-likeness (QED) is 0.0442.